The highest BCUT2D eigenvalue weighted by atomic mass is 16.5. The monoisotopic (exact) mass is 352 g/mol. The van der Waals surface area contributed by atoms with E-state index < -0.39 is 18.5 Å². The molecule has 0 aliphatic carbocycles. The summed E-state index contributed by atoms with van der Waals surface area (Å²) >= 11 is 0. The molecular weight excluding hydrogens is 336 g/mol. The quantitative estimate of drug-likeness (QED) is 0.611. The maximum atomic E-state index is 11.8. The number of hydrogen-bond acceptors (Lipinski definition) is 6. The molecule has 0 aliphatic heterocycles. The summed E-state index contributed by atoms with van der Waals surface area (Å²) in [6.45, 7) is -0.459. The van der Waals surface area contributed by atoms with Crippen molar-refractivity contribution in [1.29, 1.82) is 5.26 Å². The molecule has 0 heterocycles. The van der Waals surface area contributed by atoms with Crippen LogP contribution in [0.5, 0.6) is 11.5 Å². The Labute approximate surface area is 150 Å². The van der Waals surface area contributed by atoms with Crippen LogP contribution in [0.25, 0.3) is 6.08 Å². The zero-order valence-electron chi connectivity index (χ0n) is 13.9. The van der Waals surface area contributed by atoms with Crippen LogP contribution in [0.2, 0.25) is 0 Å². The lowest BCUT2D eigenvalue weighted by atomic mass is 10.2. The van der Waals surface area contributed by atoms with E-state index in [0.29, 0.717) is 16.8 Å². The SMILES string of the molecule is COc1cc(/C=C/C(=O)OCC(=O)Nc2cccc(C#N)c2)ccc1O. The van der Waals surface area contributed by atoms with E-state index in [0.717, 1.165) is 6.08 Å². The topological polar surface area (TPSA) is 109 Å². The molecule has 132 valence electrons. The molecule has 0 aromatic heterocycles. The number of phenols is 1. The number of ether oxygens (including phenoxy) is 2. The Kier molecular flexibility index (Phi) is 6.34. The molecule has 26 heavy (non-hydrogen) atoms. The number of anilines is 1. The van der Waals surface area contributed by atoms with Crippen molar-refractivity contribution in [2.75, 3.05) is 19.0 Å². The Bertz CT molecular complexity index is 884. The molecule has 0 saturated heterocycles. The van der Waals surface area contributed by atoms with Gasteiger partial charge in [0.1, 0.15) is 0 Å². The first kappa shape index (κ1) is 18.5. The molecule has 7 nitrogen and oxygen atoms in total. The van der Waals surface area contributed by atoms with Crippen LogP contribution in [0.3, 0.4) is 0 Å². The summed E-state index contributed by atoms with van der Waals surface area (Å²) in [7, 11) is 1.42. The molecule has 2 N–H and O–H groups in total. The first-order chi connectivity index (χ1) is 12.5. The molecule has 0 bridgehead atoms. The van der Waals surface area contributed by atoms with E-state index in [4.69, 9.17) is 14.7 Å². The van der Waals surface area contributed by atoms with Crippen LogP contribution in [0.15, 0.2) is 48.5 Å². The minimum Gasteiger partial charge on any atom is -0.504 e. The molecule has 0 fully saturated rings. The summed E-state index contributed by atoms with van der Waals surface area (Å²) in [4.78, 5) is 23.5. The summed E-state index contributed by atoms with van der Waals surface area (Å²) < 4.78 is 9.82. The highest BCUT2D eigenvalue weighted by Crippen LogP contribution is 2.26. The number of methoxy groups -OCH3 is 1. The van der Waals surface area contributed by atoms with E-state index in [1.807, 2.05) is 6.07 Å². The first-order valence-corrected chi connectivity index (χ1v) is 7.53. The number of benzene rings is 2. The average molecular weight is 352 g/mol. The van der Waals surface area contributed by atoms with Gasteiger partial charge in [0.2, 0.25) is 0 Å². The number of carbonyl (C=O) groups is 2. The Morgan fingerprint density at radius 2 is 2.08 bits per heavy atom. The molecule has 7 heteroatoms. The molecule has 2 aromatic rings. The third kappa shape index (κ3) is 5.39. The second-order valence-corrected chi connectivity index (χ2v) is 5.11. The summed E-state index contributed by atoms with van der Waals surface area (Å²) in [5.41, 5.74) is 1.47. The molecule has 0 saturated carbocycles. The van der Waals surface area contributed by atoms with E-state index in [1.165, 1.54) is 25.3 Å². The second kappa shape index (κ2) is 8.89. The van der Waals surface area contributed by atoms with E-state index in [2.05, 4.69) is 5.32 Å². The number of amides is 1. The van der Waals surface area contributed by atoms with Crippen molar-refractivity contribution < 1.29 is 24.2 Å². The van der Waals surface area contributed by atoms with Crippen molar-refractivity contribution in [2.24, 2.45) is 0 Å². The van der Waals surface area contributed by atoms with Gasteiger partial charge in [-0.3, -0.25) is 4.79 Å². The van der Waals surface area contributed by atoms with Crippen LogP contribution in [0.1, 0.15) is 11.1 Å². The fourth-order valence-corrected chi connectivity index (χ4v) is 2.01. The molecule has 0 unspecified atom stereocenters. The van der Waals surface area contributed by atoms with Crippen LogP contribution >= 0.6 is 0 Å². The molecular formula is C19H16N2O5. The fraction of sp³-hybridized carbons (Fsp3) is 0.105. The van der Waals surface area contributed by atoms with Crippen LogP contribution in [-0.4, -0.2) is 30.7 Å². The van der Waals surface area contributed by atoms with Gasteiger partial charge in [-0.1, -0.05) is 12.1 Å². The minimum absolute atomic E-state index is 0.00985. The Morgan fingerprint density at radius 1 is 1.27 bits per heavy atom. The molecule has 1 amide bonds. The molecule has 2 aromatic carbocycles. The van der Waals surface area contributed by atoms with Gasteiger partial charge in [0, 0.05) is 11.8 Å². The van der Waals surface area contributed by atoms with E-state index in [-0.39, 0.29) is 11.5 Å². The van der Waals surface area contributed by atoms with Crippen LogP contribution in [0.4, 0.5) is 5.69 Å². The number of rotatable bonds is 6. The number of hydrogen-bond donors (Lipinski definition) is 2. The van der Waals surface area contributed by atoms with Crippen LogP contribution < -0.4 is 10.1 Å². The zero-order valence-corrected chi connectivity index (χ0v) is 13.9. The third-order valence-electron chi connectivity index (χ3n) is 3.24. The molecule has 0 aliphatic rings. The Hall–Kier alpha value is -3.79. The molecule has 2 rings (SSSR count). The van der Waals surface area contributed by atoms with E-state index in [9.17, 15) is 14.7 Å². The largest absolute Gasteiger partial charge is 0.504 e. The van der Waals surface area contributed by atoms with Gasteiger partial charge in [0.25, 0.3) is 5.91 Å². The molecule has 0 radical (unpaired) electrons. The van der Waals surface area contributed by atoms with Gasteiger partial charge >= 0.3 is 5.97 Å². The summed E-state index contributed by atoms with van der Waals surface area (Å²) in [6, 6.07) is 12.9. The van der Waals surface area contributed by atoms with Crippen molar-refractivity contribution in [3.63, 3.8) is 0 Å². The predicted octanol–water partition coefficient (Wildman–Crippen LogP) is 2.47. The van der Waals surface area contributed by atoms with Crippen molar-refractivity contribution in [1.82, 2.24) is 0 Å². The second-order valence-electron chi connectivity index (χ2n) is 5.11. The maximum Gasteiger partial charge on any atom is 0.331 e. The van der Waals surface area contributed by atoms with Crippen molar-refractivity contribution >= 4 is 23.6 Å². The number of esters is 1. The van der Waals surface area contributed by atoms with Crippen molar-refractivity contribution in [3.8, 4) is 17.6 Å². The standard InChI is InChI=1S/C19H16N2O5/c1-25-17-10-13(5-7-16(17)22)6-8-19(24)26-12-18(23)21-15-4-2-3-14(9-15)11-20/h2-10,22H,12H2,1H3,(H,21,23)/b8-6+. The molecule has 0 atom stereocenters. The Morgan fingerprint density at radius 3 is 2.81 bits per heavy atom. The van der Waals surface area contributed by atoms with Crippen molar-refractivity contribution in [3.05, 3.63) is 59.7 Å². The smallest absolute Gasteiger partial charge is 0.331 e. The number of nitrogens with one attached hydrogen (secondary N) is 1. The lowest BCUT2D eigenvalue weighted by molar-refractivity contribution is -0.142. The van der Waals surface area contributed by atoms with Gasteiger partial charge in [-0.15, -0.1) is 0 Å². The summed E-state index contributed by atoms with van der Waals surface area (Å²) in [5, 5.41) is 20.9. The van der Waals surface area contributed by atoms with Gasteiger partial charge in [-0.25, -0.2) is 4.79 Å². The van der Waals surface area contributed by atoms with Gasteiger partial charge in [0.15, 0.2) is 18.1 Å². The number of nitrogens with zero attached hydrogens (tertiary/aromatic N) is 1. The zero-order chi connectivity index (χ0) is 18.9. The van der Waals surface area contributed by atoms with Gasteiger partial charge in [-0.2, -0.15) is 5.26 Å². The van der Waals surface area contributed by atoms with Crippen molar-refractivity contribution in [2.45, 2.75) is 0 Å². The van der Waals surface area contributed by atoms with Gasteiger partial charge in [-0.05, 0) is 42.0 Å². The Balaban J connectivity index is 1.86. The predicted molar refractivity (Wildman–Crippen MR) is 94.4 cm³/mol. The number of carbonyl (C=O) groups excluding carboxylic acids is 2. The highest BCUT2D eigenvalue weighted by molar-refractivity contribution is 5.94. The lowest BCUT2D eigenvalue weighted by Crippen LogP contribution is -2.20. The molecule has 0 spiro atoms. The summed E-state index contributed by atoms with van der Waals surface area (Å²) in [6.07, 6.45) is 2.63. The summed E-state index contributed by atoms with van der Waals surface area (Å²) in [5.74, 6) is -0.949. The van der Waals surface area contributed by atoms with Gasteiger partial charge < -0.3 is 19.9 Å². The van der Waals surface area contributed by atoms with Crippen LogP contribution in [0, 0.1) is 11.3 Å². The number of phenolic OH excluding ortho intramolecular Hbond substituents is 1. The highest BCUT2D eigenvalue weighted by Gasteiger charge is 2.07. The third-order valence-corrected chi connectivity index (χ3v) is 3.24. The normalized spacial score (nSPS) is 10.2. The number of aromatic hydroxyl groups is 1. The van der Waals surface area contributed by atoms with Gasteiger partial charge in [0.05, 0.1) is 18.7 Å². The van der Waals surface area contributed by atoms with E-state index in [1.54, 1.807) is 30.3 Å². The maximum absolute atomic E-state index is 11.8. The lowest BCUT2D eigenvalue weighted by Gasteiger charge is -2.06. The average Bonchev–Trinajstić information content (AvgIpc) is 2.65. The minimum atomic E-state index is -0.696. The van der Waals surface area contributed by atoms with E-state index >= 15 is 0 Å². The first-order valence-electron chi connectivity index (χ1n) is 7.53. The fourth-order valence-electron chi connectivity index (χ4n) is 2.01. The van der Waals surface area contributed by atoms with Crippen LogP contribution in [-0.2, 0) is 14.3 Å². The number of nitriles is 1.